The van der Waals surface area contributed by atoms with E-state index in [4.69, 9.17) is 4.74 Å². The Balaban J connectivity index is 1.73. The number of methoxy groups -OCH3 is 1. The van der Waals surface area contributed by atoms with Crippen LogP contribution in [0.1, 0.15) is 46.0 Å². The van der Waals surface area contributed by atoms with Crippen LogP contribution in [-0.4, -0.2) is 46.2 Å². The van der Waals surface area contributed by atoms with Crippen molar-refractivity contribution in [1.82, 2.24) is 19.4 Å². The summed E-state index contributed by atoms with van der Waals surface area (Å²) in [4.78, 5) is 23.2. The number of benzene rings is 1. The van der Waals surface area contributed by atoms with Gasteiger partial charge in [0.1, 0.15) is 16.8 Å². The fourth-order valence-electron chi connectivity index (χ4n) is 3.62. The molecule has 0 radical (unpaired) electrons. The average Bonchev–Trinajstić information content (AvgIpc) is 3.09. The lowest BCUT2D eigenvalue weighted by Gasteiger charge is -2.22. The summed E-state index contributed by atoms with van der Waals surface area (Å²) >= 11 is 0. The standard InChI is InChI=1S/C22H32N4O2/c1-4-6-11-25(12-7-5-2)13-8-14-26-16-23-20-18-15-17(28-3)9-10-19(18)24-21(20)22(26)27/h9-10,15-16,24H,4-8,11-14H2,1-3H3. The van der Waals surface area contributed by atoms with E-state index in [1.807, 2.05) is 18.2 Å². The summed E-state index contributed by atoms with van der Waals surface area (Å²) in [6.07, 6.45) is 7.53. The third-order valence-corrected chi connectivity index (χ3v) is 5.31. The molecule has 2 heterocycles. The molecule has 0 fully saturated rings. The molecule has 0 aliphatic carbocycles. The number of hydrogen-bond donors (Lipinski definition) is 1. The Labute approximate surface area is 166 Å². The van der Waals surface area contributed by atoms with Crippen LogP contribution < -0.4 is 10.3 Å². The van der Waals surface area contributed by atoms with Crippen molar-refractivity contribution in [2.75, 3.05) is 26.7 Å². The van der Waals surface area contributed by atoms with Crippen LogP contribution in [0.2, 0.25) is 0 Å². The van der Waals surface area contributed by atoms with Crippen LogP contribution in [0.4, 0.5) is 0 Å². The van der Waals surface area contributed by atoms with E-state index in [2.05, 4.69) is 28.7 Å². The third kappa shape index (κ3) is 4.55. The molecule has 0 unspecified atom stereocenters. The van der Waals surface area contributed by atoms with Crippen LogP contribution >= 0.6 is 0 Å². The van der Waals surface area contributed by atoms with Crippen molar-refractivity contribution >= 4 is 21.9 Å². The fourth-order valence-corrected chi connectivity index (χ4v) is 3.62. The van der Waals surface area contributed by atoms with Gasteiger partial charge in [0.15, 0.2) is 0 Å². The van der Waals surface area contributed by atoms with Crippen molar-refractivity contribution in [3.63, 3.8) is 0 Å². The highest BCUT2D eigenvalue weighted by atomic mass is 16.5. The summed E-state index contributed by atoms with van der Waals surface area (Å²) < 4.78 is 7.03. The second-order valence-corrected chi connectivity index (χ2v) is 7.41. The van der Waals surface area contributed by atoms with Gasteiger partial charge >= 0.3 is 0 Å². The molecule has 0 aliphatic heterocycles. The first-order chi connectivity index (χ1) is 13.7. The monoisotopic (exact) mass is 384 g/mol. The van der Waals surface area contributed by atoms with E-state index in [0.717, 1.165) is 42.7 Å². The third-order valence-electron chi connectivity index (χ3n) is 5.31. The lowest BCUT2D eigenvalue weighted by molar-refractivity contribution is 0.257. The number of nitrogens with one attached hydrogen (secondary N) is 1. The summed E-state index contributed by atoms with van der Waals surface area (Å²) in [6, 6.07) is 5.74. The minimum Gasteiger partial charge on any atom is -0.497 e. The van der Waals surface area contributed by atoms with Crippen molar-refractivity contribution in [3.05, 3.63) is 34.9 Å². The summed E-state index contributed by atoms with van der Waals surface area (Å²) in [5, 5.41) is 0.920. The second kappa shape index (κ2) is 9.73. The van der Waals surface area contributed by atoms with E-state index in [9.17, 15) is 4.79 Å². The minimum absolute atomic E-state index is 0.00571. The Hall–Kier alpha value is -2.34. The molecule has 1 aromatic carbocycles. The first kappa shape index (κ1) is 20.4. The first-order valence-corrected chi connectivity index (χ1v) is 10.4. The molecule has 2 aromatic heterocycles. The number of aromatic amines is 1. The number of fused-ring (bicyclic) bond motifs is 3. The highest BCUT2D eigenvalue weighted by Gasteiger charge is 2.12. The zero-order valence-electron chi connectivity index (χ0n) is 17.3. The Bertz CT molecular complexity index is 952. The molecule has 0 spiro atoms. The predicted octanol–water partition coefficient (Wildman–Crippen LogP) is 4.18. The number of ether oxygens (including phenoxy) is 1. The number of unbranched alkanes of at least 4 members (excludes halogenated alkanes) is 2. The van der Waals surface area contributed by atoms with Gasteiger partial charge in [-0.15, -0.1) is 0 Å². The normalized spacial score (nSPS) is 11.7. The molecule has 152 valence electrons. The maximum Gasteiger partial charge on any atom is 0.277 e. The summed E-state index contributed by atoms with van der Waals surface area (Å²) in [6.45, 7) is 8.46. The Morgan fingerprint density at radius 3 is 2.50 bits per heavy atom. The van der Waals surface area contributed by atoms with Gasteiger partial charge in [-0.1, -0.05) is 26.7 Å². The maximum absolute atomic E-state index is 12.9. The lowest BCUT2D eigenvalue weighted by atomic mass is 10.2. The van der Waals surface area contributed by atoms with Crippen molar-refractivity contribution in [2.24, 2.45) is 0 Å². The van der Waals surface area contributed by atoms with Gasteiger partial charge in [-0.25, -0.2) is 4.98 Å². The van der Waals surface area contributed by atoms with E-state index in [1.54, 1.807) is 18.0 Å². The molecule has 0 amide bonds. The molecule has 28 heavy (non-hydrogen) atoms. The number of hydrogen-bond acceptors (Lipinski definition) is 4. The van der Waals surface area contributed by atoms with Gasteiger partial charge in [-0.3, -0.25) is 9.36 Å². The van der Waals surface area contributed by atoms with Gasteiger partial charge in [0.25, 0.3) is 5.56 Å². The summed E-state index contributed by atoms with van der Waals surface area (Å²) in [5.41, 5.74) is 2.18. The Morgan fingerprint density at radius 1 is 1.11 bits per heavy atom. The molecule has 6 nitrogen and oxygen atoms in total. The van der Waals surface area contributed by atoms with E-state index < -0.39 is 0 Å². The topological polar surface area (TPSA) is 63.1 Å². The number of aromatic nitrogens is 3. The molecular formula is C22H32N4O2. The van der Waals surface area contributed by atoms with Crippen molar-refractivity contribution < 1.29 is 4.74 Å². The van der Waals surface area contributed by atoms with E-state index >= 15 is 0 Å². The molecule has 3 rings (SSSR count). The van der Waals surface area contributed by atoms with E-state index in [1.165, 1.54) is 25.7 Å². The lowest BCUT2D eigenvalue weighted by Crippen LogP contribution is -2.29. The quantitative estimate of drug-likeness (QED) is 0.539. The van der Waals surface area contributed by atoms with Gasteiger partial charge in [0.2, 0.25) is 0 Å². The van der Waals surface area contributed by atoms with Gasteiger partial charge in [-0.2, -0.15) is 0 Å². The number of H-pyrrole nitrogens is 1. The zero-order valence-corrected chi connectivity index (χ0v) is 17.3. The van der Waals surface area contributed by atoms with Crippen LogP contribution in [-0.2, 0) is 6.54 Å². The fraction of sp³-hybridized carbons (Fsp3) is 0.545. The smallest absolute Gasteiger partial charge is 0.277 e. The first-order valence-electron chi connectivity index (χ1n) is 10.4. The van der Waals surface area contributed by atoms with E-state index in [-0.39, 0.29) is 5.56 Å². The molecule has 6 heteroatoms. The van der Waals surface area contributed by atoms with Gasteiger partial charge in [0.05, 0.1) is 13.4 Å². The SMILES string of the molecule is CCCCN(CCCC)CCCn1cnc2c([nH]c3ccc(OC)cc32)c1=O. The largest absolute Gasteiger partial charge is 0.497 e. The molecule has 0 saturated carbocycles. The predicted molar refractivity (Wildman–Crippen MR) is 115 cm³/mol. The van der Waals surface area contributed by atoms with Crippen LogP contribution in [0.25, 0.3) is 21.9 Å². The van der Waals surface area contributed by atoms with Crippen LogP contribution in [0, 0.1) is 0 Å². The van der Waals surface area contributed by atoms with Gasteiger partial charge in [-0.05, 0) is 57.1 Å². The van der Waals surface area contributed by atoms with Crippen molar-refractivity contribution in [3.8, 4) is 5.75 Å². The summed E-state index contributed by atoms with van der Waals surface area (Å²) in [5.74, 6) is 0.763. The molecule has 0 atom stereocenters. The molecule has 0 aliphatic rings. The number of nitrogens with zero attached hydrogens (tertiary/aromatic N) is 3. The molecule has 0 saturated heterocycles. The van der Waals surface area contributed by atoms with Crippen LogP contribution in [0.15, 0.2) is 29.3 Å². The Kier molecular flexibility index (Phi) is 7.09. The van der Waals surface area contributed by atoms with Crippen LogP contribution in [0.3, 0.4) is 0 Å². The highest BCUT2D eigenvalue weighted by Crippen LogP contribution is 2.25. The molecule has 3 aromatic rings. The molecular weight excluding hydrogens is 352 g/mol. The van der Waals surface area contributed by atoms with Gasteiger partial charge < -0.3 is 14.6 Å². The number of rotatable bonds is 11. The zero-order chi connectivity index (χ0) is 19.9. The maximum atomic E-state index is 12.9. The molecule has 1 N–H and O–H groups in total. The summed E-state index contributed by atoms with van der Waals surface area (Å²) in [7, 11) is 1.64. The van der Waals surface area contributed by atoms with E-state index in [0.29, 0.717) is 17.6 Å². The molecule has 0 bridgehead atoms. The van der Waals surface area contributed by atoms with Crippen molar-refractivity contribution in [1.29, 1.82) is 0 Å². The number of aryl methyl sites for hydroxylation is 1. The second-order valence-electron chi connectivity index (χ2n) is 7.41. The highest BCUT2D eigenvalue weighted by molar-refractivity contribution is 6.04. The van der Waals surface area contributed by atoms with Gasteiger partial charge in [0, 0.05) is 17.4 Å². The van der Waals surface area contributed by atoms with Crippen LogP contribution in [0.5, 0.6) is 5.75 Å². The Morgan fingerprint density at radius 2 is 1.82 bits per heavy atom. The average molecular weight is 385 g/mol. The minimum atomic E-state index is -0.00571. The van der Waals surface area contributed by atoms with Crippen molar-refractivity contribution in [2.45, 2.75) is 52.5 Å².